The lowest BCUT2D eigenvalue weighted by Gasteiger charge is -2.15. The Morgan fingerprint density at radius 2 is 1.77 bits per heavy atom. The predicted molar refractivity (Wildman–Crippen MR) is 103 cm³/mol. The first-order chi connectivity index (χ1) is 12.4. The Hall–Kier alpha value is -2.76. The fourth-order valence-corrected chi connectivity index (χ4v) is 2.55. The number of aryl methyl sites for hydroxylation is 1. The molecule has 0 atom stereocenters. The molecule has 0 spiro atoms. The van der Waals surface area contributed by atoms with E-state index >= 15 is 0 Å². The van der Waals surface area contributed by atoms with Crippen LogP contribution in [0.4, 0.5) is 17.2 Å². The van der Waals surface area contributed by atoms with E-state index in [-0.39, 0.29) is 5.56 Å². The van der Waals surface area contributed by atoms with Crippen LogP contribution in [0.25, 0.3) is 0 Å². The fraction of sp³-hybridized carbons (Fsp3) is 0.0526. The summed E-state index contributed by atoms with van der Waals surface area (Å²) in [5.41, 5.74) is 7.07. The number of nitrogens with one attached hydrogen (secondary N) is 2. The van der Waals surface area contributed by atoms with Gasteiger partial charge in [0, 0.05) is 17.3 Å². The van der Waals surface area contributed by atoms with Gasteiger partial charge in [0.1, 0.15) is 0 Å². The number of carboxylic acid groups (broad SMARTS) is 1. The maximum Gasteiger partial charge on any atom is 0.269 e. The van der Waals surface area contributed by atoms with E-state index in [2.05, 4.69) is 10.3 Å². The molecule has 0 aliphatic heterocycles. The molecule has 0 radical (unpaired) electrons. The third-order valence-electron chi connectivity index (χ3n) is 3.42. The summed E-state index contributed by atoms with van der Waals surface area (Å²) in [4.78, 5) is 13.8. The monoisotopic (exact) mass is 389 g/mol. The highest BCUT2D eigenvalue weighted by Gasteiger charge is 2.10. The molecule has 0 aliphatic rings. The maximum atomic E-state index is 11.0. The van der Waals surface area contributed by atoms with Crippen LogP contribution in [0.5, 0.6) is 0 Å². The number of anilines is 3. The molecule has 26 heavy (non-hydrogen) atoms. The molecule has 1 aromatic heterocycles. The van der Waals surface area contributed by atoms with Crippen molar-refractivity contribution in [2.24, 2.45) is 0 Å². The number of aromatic amines is 1. The van der Waals surface area contributed by atoms with Gasteiger partial charge in [-0.3, -0.25) is 5.73 Å². The second-order valence-electron chi connectivity index (χ2n) is 5.33. The quantitative estimate of drug-likeness (QED) is 0.716. The minimum absolute atomic E-state index is 0.0520. The summed E-state index contributed by atoms with van der Waals surface area (Å²) in [7, 11) is 0. The average molecular weight is 390 g/mol. The third-order valence-corrected chi connectivity index (χ3v) is 4.23. The van der Waals surface area contributed by atoms with E-state index in [0.717, 1.165) is 5.56 Å². The van der Waals surface area contributed by atoms with Crippen LogP contribution in [0.3, 0.4) is 0 Å². The van der Waals surface area contributed by atoms with Crippen molar-refractivity contribution in [3.63, 3.8) is 0 Å². The smallest absolute Gasteiger partial charge is 0.269 e. The SMILES string of the molecule is Cc1ccc(Cl)c(Nc2ccccc2C(=O)[O-])c1Cl.Nc1cccc[nH+]1. The molecule has 2 aromatic carbocycles. The lowest BCUT2D eigenvalue weighted by Crippen LogP contribution is -2.23. The number of para-hydroxylation sites is 1. The minimum Gasteiger partial charge on any atom is -0.545 e. The number of carbonyl (C=O) groups excluding carboxylic acids is 1. The number of carboxylic acids is 1. The van der Waals surface area contributed by atoms with E-state index in [1.165, 1.54) is 6.07 Å². The Kier molecular flexibility index (Phi) is 6.83. The molecule has 0 fully saturated rings. The number of nitrogen functional groups attached to an aromatic ring is 1. The van der Waals surface area contributed by atoms with Crippen molar-refractivity contribution in [3.05, 3.63) is 82.0 Å². The normalized spacial score (nSPS) is 9.81. The molecule has 3 aromatic rings. The molecular formula is C19H17Cl2N3O2. The van der Waals surface area contributed by atoms with Gasteiger partial charge < -0.3 is 15.2 Å². The summed E-state index contributed by atoms with van der Waals surface area (Å²) in [6.07, 6.45) is 1.79. The maximum absolute atomic E-state index is 11.0. The number of halogens is 2. The number of pyridine rings is 1. The van der Waals surface area contributed by atoms with E-state index in [9.17, 15) is 9.90 Å². The van der Waals surface area contributed by atoms with Gasteiger partial charge in [-0.1, -0.05) is 53.5 Å². The summed E-state index contributed by atoms with van der Waals surface area (Å²) in [5.74, 6) is -0.564. The predicted octanol–water partition coefficient (Wildman–Crippen LogP) is 3.49. The van der Waals surface area contributed by atoms with Crippen LogP contribution in [0, 0.1) is 6.92 Å². The largest absolute Gasteiger partial charge is 0.545 e. The van der Waals surface area contributed by atoms with Gasteiger partial charge in [0.25, 0.3) is 5.82 Å². The molecule has 134 valence electrons. The average Bonchev–Trinajstić information content (AvgIpc) is 2.63. The van der Waals surface area contributed by atoms with Crippen LogP contribution in [-0.2, 0) is 0 Å². The zero-order valence-electron chi connectivity index (χ0n) is 13.9. The van der Waals surface area contributed by atoms with Gasteiger partial charge in [0.2, 0.25) is 0 Å². The number of aromatic carboxylic acids is 1. The van der Waals surface area contributed by atoms with E-state index in [0.29, 0.717) is 27.2 Å². The van der Waals surface area contributed by atoms with Gasteiger partial charge in [0.15, 0.2) is 0 Å². The molecule has 0 unspecified atom stereocenters. The summed E-state index contributed by atoms with van der Waals surface area (Å²) in [6, 6.07) is 15.5. The van der Waals surface area contributed by atoms with Crippen LogP contribution in [0.15, 0.2) is 60.8 Å². The fourth-order valence-electron chi connectivity index (χ4n) is 2.08. The summed E-state index contributed by atoms with van der Waals surface area (Å²) in [6.45, 7) is 1.84. The number of H-pyrrole nitrogens is 1. The first-order valence-corrected chi connectivity index (χ1v) is 8.40. The van der Waals surface area contributed by atoms with Gasteiger partial charge >= 0.3 is 0 Å². The lowest BCUT2D eigenvalue weighted by molar-refractivity contribution is -0.360. The molecule has 3 rings (SSSR count). The molecule has 1 heterocycles. The first-order valence-electron chi connectivity index (χ1n) is 7.64. The zero-order chi connectivity index (χ0) is 19.1. The van der Waals surface area contributed by atoms with Crippen LogP contribution in [0.2, 0.25) is 10.0 Å². The van der Waals surface area contributed by atoms with Crippen molar-refractivity contribution in [2.45, 2.75) is 6.92 Å². The van der Waals surface area contributed by atoms with Crippen molar-refractivity contribution in [2.75, 3.05) is 11.1 Å². The molecule has 0 saturated carbocycles. The number of hydrogen-bond acceptors (Lipinski definition) is 4. The number of benzene rings is 2. The van der Waals surface area contributed by atoms with E-state index < -0.39 is 5.97 Å². The highest BCUT2D eigenvalue weighted by Crippen LogP contribution is 2.35. The van der Waals surface area contributed by atoms with Gasteiger partial charge in [-0.25, -0.2) is 4.98 Å². The molecule has 0 saturated heterocycles. The van der Waals surface area contributed by atoms with E-state index in [4.69, 9.17) is 28.9 Å². The van der Waals surface area contributed by atoms with Gasteiger partial charge in [-0.15, -0.1) is 0 Å². The van der Waals surface area contributed by atoms with Crippen LogP contribution in [-0.4, -0.2) is 5.97 Å². The van der Waals surface area contributed by atoms with Crippen LogP contribution in [0.1, 0.15) is 15.9 Å². The summed E-state index contributed by atoms with van der Waals surface area (Å²) < 4.78 is 0. The molecule has 4 N–H and O–H groups in total. The molecule has 5 nitrogen and oxygen atoms in total. The second-order valence-corrected chi connectivity index (χ2v) is 6.11. The lowest BCUT2D eigenvalue weighted by atomic mass is 10.1. The van der Waals surface area contributed by atoms with Crippen LogP contribution >= 0.6 is 23.2 Å². The number of aromatic nitrogens is 1. The number of rotatable bonds is 3. The number of nitrogens with two attached hydrogens (primary N) is 1. The van der Waals surface area contributed by atoms with Crippen molar-refractivity contribution in [3.8, 4) is 0 Å². The number of carbonyl (C=O) groups is 1. The van der Waals surface area contributed by atoms with Gasteiger partial charge in [-0.05, 0) is 30.7 Å². The van der Waals surface area contributed by atoms with Crippen molar-refractivity contribution in [1.82, 2.24) is 0 Å². The van der Waals surface area contributed by atoms with Crippen molar-refractivity contribution >= 4 is 46.4 Å². The molecule has 0 aliphatic carbocycles. The highest BCUT2D eigenvalue weighted by molar-refractivity contribution is 6.39. The van der Waals surface area contributed by atoms with Gasteiger partial charge in [-0.2, -0.15) is 0 Å². The highest BCUT2D eigenvalue weighted by atomic mass is 35.5. The van der Waals surface area contributed by atoms with Crippen molar-refractivity contribution in [1.29, 1.82) is 0 Å². The van der Waals surface area contributed by atoms with Gasteiger partial charge in [0.05, 0.1) is 27.9 Å². The summed E-state index contributed by atoms with van der Waals surface area (Å²) >= 11 is 12.2. The zero-order valence-corrected chi connectivity index (χ0v) is 15.4. The first kappa shape index (κ1) is 19.6. The minimum atomic E-state index is -1.26. The topological polar surface area (TPSA) is 92.3 Å². The van der Waals surface area contributed by atoms with E-state index in [1.54, 1.807) is 42.6 Å². The Labute approximate surface area is 161 Å². The second kappa shape index (κ2) is 9.08. The van der Waals surface area contributed by atoms with E-state index in [1.807, 2.05) is 19.1 Å². The third kappa shape index (κ3) is 5.12. The standard InChI is InChI=1S/C14H11Cl2NO2.C5H6N2/c1-8-6-7-10(15)13(12(8)16)17-11-5-3-2-4-9(11)14(18)19;6-5-3-1-2-4-7-5/h2-7,17H,1H3,(H,18,19);1-4H,(H2,6,7). The van der Waals surface area contributed by atoms with Crippen LogP contribution < -0.4 is 21.1 Å². The summed E-state index contributed by atoms with van der Waals surface area (Å²) in [5, 5.41) is 14.9. The molecule has 7 heteroatoms. The Morgan fingerprint density at radius 3 is 2.35 bits per heavy atom. The Bertz CT molecular complexity index is 903. The molecule has 0 amide bonds. The van der Waals surface area contributed by atoms with Crippen molar-refractivity contribution < 1.29 is 14.9 Å². The molecular weight excluding hydrogens is 373 g/mol. The Balaban J connectivity index is 0.000000290. The number of hydrogen-bond donors (Lipinski definition) is 2. The Morgan fingerprint density at radius 1 is 1.08 bits per heavy atom. The molecule has 0 bridgehead atoms.